The molecule has 264 valence electrons. The van der Waals surface area contributed by atoms with E-state index in [0.717, 1.165) is 12.1 Å². The molecule has 1 fully saturated rings. The van der Waals surface area contributed by atoms with Crippen LogP contribution in [0.3, 0.4) is 0 Å². The maximum absolute atomic E-state index is 15.3. The topological polar surface area (TPSA) is 118 Å². The Bertz CT molecular complexity index is 2320. The molecule has 1 aromatic carbocycles. The molecule has 2 N–H and O–H groups in total. The van der Waals surface area contributed by atoms with E-state index < -0.39 is 83.2 Å². The number of pyridine rings is 2. The van der Waals surface area contributed by atoms with E-state index in [-0.39, 0.29) is 35.4 Å². The van der Waals surface area contributed by atoms with E-state index in [1.54, 1.807) is 31.2 Å². The summed E-state index contributed by atoms with van der Waals surface area (Å²) < 4.78 is 89.3. The van der Waals surface area contributed by atoms with Crippen LogP contribution in [0.1, 0.15) is 84.5 Å². The zero-order valence-electron chi connectivity index (χ0n) is 27.4. The highest BCUT2D eigenvalue weighted by Crippen LogP contribution is 2.68. The number of H-pyrrole nitrogens is 1. The Morgan fingerprint density at radius 3 is 2.49 bits per heavy atom. The van der Waals surface area contributed by atoms with Crippen LogP contribution in [-0.2, 0) is 23.7 Å². The van der Waals surface area contributed by atoms with Crippen LogP contribution >= 0.6 is 0 Å². The van der Waals surface area contributed by atoms with Crippen LogP contribution in [0.25, 0.3) is 16.8 Å². The third-order valence-corrected chi connectivity index (χ3v) is 9.29. The first kappa shape index (κ1) is 34.2. The monoisotopic (exact) mass is 708 g/mol. The van der Waals surface area contributed by atoms with Gasteiger partial charge >= 0.3 is 5.69 Å². The first-order valence-corrected chi connectivity index (χ1v) is 16.1. The van der Waals surface area contributed by atoms with Crippen LogP contribution in [-0.4, -0.2) is 45.9 Å². The Hall–Kier alpha value is -5.23. The van der Waals surface area contributed by atoms with Crippen molar-refractivity contribution in [3.8, 4) is 23.0 Å². The normalized spacial score (nSPS) is 18.0. The average molecular weight is 709 g/mol. The number of nitrogens with zero attached hydrogens (tertiary/aromatic N) is 5. The van der Waals surface area contributed by atoms with Crippen molar-refractivity contribution in [1.82, 2.24) is 29.4 Å². The minimum absolute atomic E-state index is 0.0585. The summed E-state index contributed by atoms with van der Waals surface area (Å²) in [6.45, 7) is 3.84. The molecule has 0 spiro atoms. The van der Waals surface area contributed by atoms with Crippen LogP contribution in [0, 0.1) is 36.3 Å². The van der Waals surface area contributed by atoms with E-state index in [9.17, 15) is 32.3 Å². The van der Waals surface area contributed by atoms with E-state index in [4.69, 9.17) is 4.98 Å². The van der Waals surface area contributed by atoms with Gasteiger partial charge in [0.2, 0.25) is 0 Å². The minimum atomic E-state index is -3.44. The molecule has 4 aromatic heterocycles. The summed E-state index contributed by atoms with van der Waals surface area (Å²) >= 11 is 0. The molecule has 2 aliphatic carbocycles. The SMILES string of the molecule is Cc1c(-c2ccc(C#CC(C)(C)O)nc2[C@@H](CC(=O)Cn2nc(C(F)F)c3c2C(F)(F)[C@@H]2C[C@H]32)Cc2cc(F)cc(F)c2)ccc2n[nH]c(=O)n12. The number of fused-ring (bicyclic) bond motifs is 4. The summed E-state index contributed by atoms with van der Waals surface area (Å²) in [5.41, 5.74) is -1.37. The molecule has 0 radical (unpaired) electrons. The number of nitrogens with one attached hydrogen (secondary N) is 1. The van der Waals surface area contributed by atoms with Crippen molar-refractivity contribution in [2.45, 2.75) is 76.4 Å². The molecule has 4 heterocycles. The lowest BCUT2D eigenvalue weighted by atomic mass is 9.86. The van der Waals surface area contributed by atoms with Crippen molar-refractivity contribution in [3.05, 3.63) is 104 Å². The largest absolute Gasteiger partial charge is 0.378 e. The van der Waals surface area contributed by atoms with E-state index in [1.807, 2.05) is 0 Å². The summed E-state index contributed by atoms with van der Waals surface area (Å²) in [7, 11) is 0. The lowest BCUT2D eigenvalue weighted by Gasteiger charge is -2.22. The second-order valence-electron chi connectivity index (χ2n) is 13.6. The number of ketones is 1. The number of halogens is 6. The molecular formula is C36H30F6N6O3. The Morgan fingerprint density at radius 2 is 1.80 bits per heavy atom. The molecule has 2 aliphatic rings. The maximum atomic E-state index is 15.3. The van der Waals surface area contributed by atoms with Gasteiger partial charge in [-0.05, 0) is 87.4 Å². The van der Waals surface area contributed by atoms with Gasteiger partial charge in [0.15, 0.2) is 11.4 Å². The number of aromatic amines is 1. The number of Topliss-reactive ketones (excluding diaryl/α,β-unsaturated/α-hetero) is 1. The van der Waals surface area contributed by atoms with Gasteiger partial charge in [-0.25, -0.2) is 36.8 Å². The number of rotatable bonds is 9. The van der Waals surface area contributed by atoms with Gasteiger partial charge in [0.05, 0.1) is 5.69 Å². The predicted octanol–water partition coefficient (Wildman–Crippen LogP) is 6.12. The highest BCUT2D eigenvalue weighted by molar-refractivity contribution is 5.80. The number of alkyl halides is 4. The van der Waals surface area contributed by atoms with Crippen LogP contribution in [0.2, 0.25) is 0 Å². The number of benzene rings is 1. The standard InChI is InChI=1S/C36H30F6N6O3/c1-17-24(6-7-28-44-45-34(50)48(17)28)25-5-4-22(8-9-35(2,3)51)43-30(25)19(10-18-11-20(37)14-21(38)12-18)13-23(49)16-47-32-29(31(46-47)33(39)40)26-15-27(26)36(32,41)42/h4-7,11-12,14,19,26-27,33,51H,10,13,15-16H2,1-3H3,(H,45,50)/t19-,26+,27-/m1/s1. The van der Waals surface area contributed by atoms with Crippen molar-refractivity contribution >= 4 is 11.4 Å². The molecule has 15 heteroatoms. The first-order valence-electron chi connectivity index (χ1n) is 16.1. The van der Waals surface area contributed by atoms with Crippen molar-refractivity contribution < 1.29 is 36.2 Å². The Labute approximate surface area is 286 Å². The number of aryl methyl sites for hydroxylation is 1. The number of hydrogen-bond donors (Lipinski definition) is 2. The van der Waals surface area contributed by atoms with Crippen molar-refractivity contribution in [1.29, 1.82) is 0 Å². The lowest BCUT2D eigenvalue weighted by Crippen LogP contribution is -2.24. The molecule has 0 bridgehead atoms. The highest BCUT2D eigenvalue weighted by Gasteiger charge is 2.67. The first-order chi connectivity index (χ1) is 24.0. The molecule has 0 aliphatic heterocycles. The third-order valence-electron chi connectivity index (χ3n) is 9.29. The lowest BCUT2D eigenvalue weighted by molar-refractivity contribution is -0.120. The van der Waals surface area contributed by atoms with Gasteiger partial charge in [0, 0.05) is 46.7 Å². The van der Waals surface area contributed by atoms with E-state index in [0.29, 0.717) is 33.2 Å². The van der Waals surface area contributed by atoms with Crippen molar-refractivity contribution in [3.63, 3.8) is 0 Å². The predicted molar refractivity (Wildman–Crippen MR) is 171 cm³/mol. The average Bonchev–Trinajstić information content (AvgIpc) is 3.54. The van der Waals surface area contributed by atoms with Crippen molar-refractivity contribution in [2.75, 3.05) is 0 Å². The molecule has 0 saturated heterocycles. The van der Waals surface area contributed by atoms with Gasteiger partial charge in [-0.1, -0.05) is 5.92 Å². The smallest absolute Gasteiger partial charge is 0.347 e. The second-order valence-corrected chi connectivity index (χ2v) is 13.6. The zero-order chi connectivity index (χ0) is 36.6. The van der Waals surface area contributed by atoms with Gasteiger partial charge < -0.3 is 5.11 Å². The maximum Gasteiger partial charge on any atom is 0.347 e. The van der Waals surface area contributed by atoms with Gasteiger partial charge in [0.25, 0.3) is 12.3 Å². The van der Waals surface area contributed by atoms with Gasteiger partial charge in [-0.2, -0.15) is 19.0 Å². The molecule has 5 aromatic rings. The van der Waals surface area contributed by atoms with Crippen LogP contribution in [0.5, 0.6) is 0 Å². The Kier molecular flexibility index (Phi) is 8.20. The van der Waals surface area contributed by atoms with Gasteiger partial charge in [-0.3, -0.25) is 9.48 Å². The Balaban J connectivity index is 1.35. The molecule has 9 nitrogen and oxygen atoms in total. The third kappa shape index (κ3) is 6.33. The summed E-state index contributed by atoms with van der Waals surface area (Å²) in [5.74, 6) is -3.28. The Morgan fingerprint density at radius 1 is 1.10 bits per heavy atom. The summed E-state index contributed by atoms with van der Waals surface area (Å²) in [6.07, 6.45) is -3.67. The van der Waals surface area contributed by atoms with E-state index >= 15 is 8.78 Å². The molecule has 1 saturated carbocycles. The molecule has 0 unspecified atom stereocenters. The summed E-state index contributed by atoms with van der Waals surface area (Å²) in [6, 6.07) is 9.32. The quantitative estimate of drug-likeness (QED) is 0.141. The van der Waals surface area contributed by atoms with Crippen LogP contribution in [0.4, 0.5) is 26.3 Å². The summed E-state index contributed by atoms with van der Waals surface area (Å²) in [5, 5.41) is 20.4. The summed E-state index contributed by atoms with van der Waals surface area (Å²) in [4.78, 5) is 31.2. The fraction of sp³-hybridized carbons (Fsp3) is 0.361. The zero-order valence-corrected chi connectivity index (χ0v) is 27.4. The number of carbonyl (C=O) groups excluding carboxylic acids is 1. The van der Waals surface area contributed by atoms with E-state index in [1.165, 1.54) is 18.2 Å². The van der Waals surface area contributed by atoms with Crippen molar-refractivity contribution in [2.24, 2.45) is 5.92 Å². The molecule has 0 amide bonds. The van der Waals surface area contributed by atoms with E-state index in [2.05, 4.69) is 27.1 Å². The number of hydrogen-bond acceptors (Lipinski definition) is 6. The fourth-order valence-electron chi connectivity index (χ4n) is 7.09. The molecule has 7 rings (SSSR count). The number of carbonyl (C=O) groups is 1. The van der Waals surface area contributed by atoms with Crippen LogP contribution in [0.15, 0.2) is 47.3 Å². The molecule has 3 atom stereocenters. The number of aromatic nitrogens is 6. The molecule has 51 heavy (non-hydrogen) atoms. The fourth-order valence-corrected chi connectivity index (χ4v) is 7.09. The van der Waals surface area contributed by atoms with Crippen LogP contribution < -0.4 is 5.69 Å². The van der Waals surface area contributed by atoms with Gasteiger partial charge in [-0.15, -0.1) is 0 Å². The number of aliphatic hydroxyl groups is 1. The molecular weight excluding hydrogens is 678 g/mol. The highest BCUT2D eigenvalue weighted by atomic mass is 19.3. The minimum Gasteiger partial charge on any atom is -0.378 e. The second kappa shape index (κ2) is 12.2. The van der Waals surface area contributed by atoms with Gasteiger partial charge in [0.1, 0.15) is 40.9 Å².